The van der Waals surface area contributed by atoms with Crippen molar-refractivity contribution in [1.82, 2.24) is 15.1 Å². The van der Waals surface area contributed by atoms with Gasteiger partial charge in [0.2, 0.25) is 0 Å². The Morgan fingerprint density at radius 3 is 2.48 bits per heavy atom. The van der Waals surface area contributed by atoms with Crippen molar-refractivity contribution in [3.05, 3.63) is 47.3 Å². The number of aromatic nitrogens is 2. The maximum Gasteiger partial charge on any atom is 0.433 e. The third kappa shape index (κ3) is 4.95. The number of rotatable bonds is 6. The molecule has 0 fully saturated rings. The number of halogens is 5. The molecule has 2 rings (SSSR count). The molecule has 148 valence electrons. The number of hydrogen-bond acceptors (Lipinski definition) is 3. The smallest absolute Gasteiger partial charge is 0.433 e. The molecule has 0 aliphatic heterocycles. The molecular weight excluding hydrogens is 373 g/mol. The number of alkyl halides is 3. The van der Waals surface area contributed by atoms with Gasteiger partial charge in [0.05, 0.1) is 17.8 Å². The average molecular weight is 391 g/mol. The molecule has 10 heteroatoms. The molecule has 1 atom stereocenters. The highest BCUT2D eigenvalue weighted by Gasteiger charge is 2.40. The zero-order valence-electron chi connectivity index (χ0n) is 14.8. The summed E-state index contributed by atoms with van der Waals surface area (Å²) >= 11 is 0. The first-order valence-corrected chi connectivity index (χ1v) is 8.04. The van der Waals surface area contributed by atoms with Crippen LogP contribution >= 0.6 is 0 Å². The van der Waals surface area contributed by atoms with Crippen LogP contribution in [0.15, 0.2) is 24.4 Å². The summed E-state index contributed by atoms with van der Waals surface area (Å²) in [5.74, 6) is -2.92. The van der Waals surface area contributed by atoms with Crippen LogP contribution in [0.3, 0.4) is 0 Å². The van der Waals surface area contributed by atoms with E-state index in [1.807, 2.05) is 0 Å². The van der Waals surface area contributed by atoms with Gasteiger partial charge in [0, 0.05) is 12.1 Å². The summed E-state index contributed by atoms with van der Waals surface area (Å²) in [6.45, 7) is 4.27. The Balaban J connectivity index is 2.08. The number of nitrogens with one attached hydrogen (secondary N) is 1. The van der Waals surface area contributed by atoms with Gasteiger partial charge >= 0.3 is 6.18 Å². The fraction of sp³-hybridized carbons (Fsp3) is 0.412. The Labute approximate surface area is 152 Å². The van der Waals surface area contributed by atoms with Crippen molar-refractivity contribution in [2.75, 3.05) is 6.61 Å². The van der Waals surface area contributed by atoms with Crippen LogP contribution < -0.4 is 10.1 Å². The first kappa shape index (κ1) is 20.7. The molecule has 0 aliphatic carbocycles. The topological polar surface area (TPSA) is 56.2 Å². The van der Waals surface area contributed by atoms with Crippen LogP contribution in [0.1, 0.15) is 42.9 Å². The minimum atomic E-state index is -4.76. The number of ether oxygens (including phenoxy) is 1. The number of carbonyl (C=O) groups excluding carboxylic acids is 1. The van der Waals surface area contributed by atoms with Gasteiger partial charge in [-0.3, -0.25) is 9.48 Å². The summed E-state index contributed by atoms with van der Waals surface area (Å²) in [4.78, 5) is 12.2. The summed E-state index contributed by atoms with van der Waals surface area (Å²) in [5, 5.41) is 5.99. The Morgan fingerprint density at radius 2 is 1.93 bits per heavy atom. The number of carbonyl (C=O) groups is 1. The number of amides is 1. The molecular formula is C17H18F5N3O2. The number of nitrogens with zero attached hydrogens (tertiary/aromatic N) is 2. The van der Waals surface area contributed by atoms with Crippen molar-refractivity contribution >= 4 is 5.91 Å². The summed E-state index contributed by atoms with van der Waals surface area (Å²) in [7, 11) is 0. The van der Waals surface area contributed by atoms with Gasteiger partial charge in [0.1, 0.15) is 12.4 Å². The molecule has 1 aromatic carbocycles. The Hall–Kier alpha value is -2.65. The first-order chi connectivity index (χ1) is 12.5. The highest BCUT2D eigenvalue weighted by atomic mass is 19.4. The van der Waals surface area contributed by atoms with Crippen LogP contribution in [-0.2, 0) is 6.18 Å². The van der Waals surface area contributed by atoms with E-state index in [4.69, 9.17) is 4.74 Å². The second-order valence-electron chi connectivity index (χ2n) is 6.20. The van der Waals surface area contributed by atoms with Gasteiger partial charge in [-0.2, -0.15) is 18.3 Å². The van der Waals surface area contributed by atoms with E-state index in [-0.39, 0.29) is 12.4 Å². The summed E-state index contributed by atoms with van der Waals surface area (Å²) in [6.07, 6.45) is -3.91. The summed E-state index contributed by atoms with van der Waals surface area (Å²) in [6, 6.07) is 1.37. The van der Waals surface area contributed by atoms with Crippen molar-refractivity contribution in [2.45, 2.75) is 39.0 Å². The van der Waals surface area contributed by atoms with E-state index in [0.29, 0.717) is 6.07 Å². The third-order valence-electron chi connectivity index (χ3n) is 3.56. The van der Waals surface area contributed by atoms with Gasteiger partial charge in [-0.1, -0.05) is 0 Å². The second-order valence-corrected chi connectivity index (χ2v) is 6.20. The lowest BCUT2D eigenvalue weighted by molar-refractivity contribution is -0.145. The van der Waals surface area contributed by atoms with Crippen molar-refractivity contribution in [2.24, 2.45) is 0 Å². The molecule has 0 saturated heterocycles. The van der Waals surface area contributed by atoms with Gasteiger partial charge < -0.3 is 10.1 Å². The van der Waals surface area contributed by atoms with E-state index in [1.54, 1.807) is 0 Å². The van der Waals surface area contributed by atoms with Gasteiger partial charge in [-0.15, -0.1) is 0 Å². The van der Waals surface area contributed by atoms with Crippen molar-refractivity contribution in [3.63, 3.8) is 0 Å². The highest BCUT2D eigenvalue weighted by Crippen LogP contribution is 2.33. The maximum absolute atomic E-state index is 13.5. The minimum absolute atomic E-state index is 0.228. The lowest BCUT2D eigenvalue weighted by Crippen LogP contribution is -2.37. The monoisotopic (exact) mass is 391 g/mol. The summed E-state index contributed by atoms with van der Waals surface area (Å²) in [5.41, 5.74) is -1.76. The predicted molar refractivity (Wildman–Crippen MR) is 86.4 cm³/mol. The molecule has 0 bridgehead atoms. The van der Waals surface area contributed by atoms with Crippen molar-refractivity contribution in [3.8, 4) is 5.75 Å². The molecule has 0 spiro atoms. The molecule has 5 nitrogen and oxygen atoms in total. The van der Waals surface area contributed by atoms with Crippen LogP contribution in [0.25, 0.3) is 0 Å². The molecule has 0 radical (unpaired) electrons. The van der Waals surface area contributed by atoms with Gasteiger partial charge in [-0.05, 0) is 32.9 Å². The van der Waals surface area contributed by atoms with Gasteiger partial charge in [-0.25, -0.2) is 8.78 Å². The van der Waals surface area contributed by atoms with Gasteiger partial charge in [0.25, 0.3) is 5.91 Å². The summed E-state index contributed by atoms with van der Waals surface area (Å²) < 4.78 is 72.1. The maximum atomic E-state index is 13.5. The third-order valence-corrected chi connectivity index (χ3v) is 3.56. The second kappa shape index (κ2) is 7.93. The molecule has 1 amide bonds. The van der Waals surface area contributed by atoms with Gasteiger partial charge in [0.15, 0.2) is 17.3 Å². The van der Waals surface area contributed by atoms with Crippen LogP contribution in [0.4, 0.5) is 22.0 Å². The quantitative estimate of drug-likeness (QED) is 0.759. The molecule has 0 aliphatic rings. The van der Waals surface area contributed by atoms with Crippen molar-refractivity contribution < 1.29 is 31.5 Å². The lowest BCUT2D eigenvalue weighted by atomic mass is 10.2. The fourth-order valence-electron chi connectivity index (χ4n) is 2.35. The zero-order valence-corrected chi connectivity index (χ0v) is 14.8. The molecule has 1 heterocycles. The van der Waals surface area contributed by atoms with Crippen LogP contribution in [0, 0.1) is 11.6 Å². The van der Waals surface area contributed by atoms with E-state index in [9.17, 15) is 26.7 Å². The van der Waals surface area contributed by atoms with Crippen LogP contribution in [0.5, 0.6) is 5.75 Å². The fourth-order valence-corrected chi connectivity index (χ4v) is 2.35. The molecule has 2 aromatic rings. The molecule has 1 N–H and O–H groups in total. The predicted octanol–water partition coefficient (Wildman–Crippen LogP) is 3.96. The van der Waals surface area contributed by atoms with E-state index >= 15 is 0 Å². The lowest BCUT2D eigenvalue weighted by Gasteiger charge is -2.17. The zero-order chi connectivity index (χ0) is 20.4. The molecule has 1 aromatic heterocycles. The van der Waals surface area contributed by atoms with Crippen LogP contribution in [-0.4, -0.2) is 28.3 Å². The van der Waals surface area contributed by atoms with E-state index in [1.165, 1.54) is 20.8 Å². The highest BCUT2D eigenvalue weighted by molar-refractivity contribution is 5.95. The SMILES string of the molecule is CC(C)n1ncc(C(=O)N[C@@H](C)COc2ccc(F)cc2F)c1C(F)(F)F. The van der Waals surface area contributed by atoms with Crippen LogP contribution in [0.2, 0.25) is 0 Å². The van der Waals surface area contributed by atoms with E-state index < -0.39 is 47.1 Å². The Bertz CT molecular complexity index is 817. The molecule has 0 saturated carbocycles. The molecule has 27 heavy (non-hydrogen) atoms. The van der Waals surface area contributed by atoms with Crippen molar-refractivity contribution in [1.29, 1.82) is 0 Å². The Morgan fingerprint density at radius 1 is 1.26 bits per heavy atom. The molecule has 0 unspecified atom stereocenters. The average Bonchev–Trinajstić information content (AvgIpc) is 2.99. The minimum Gasteiger partial charge on any atom is -0.488 e. The standard InChI is InChI=1S/C17H18F5N3O2/c1-9(2)25-15(17(20,21)22)12(7-23-25)16(26)24-10(3)8-27-14-5-4-11(18)6-13(14)19/h4-7,9-10H,8H2,1-3H3,(H,24,26)/t10-/m0/s1. The Kier molecular flexibility index (Phi) is 6.07. The van der Waals surface area contributed by atoms with E-state index in [0.717, 1.165) is 23.0 Å². The largest absolute Gasteiger partial charge is 0.488 e. The number of hydrogen-bond donors (Lipinski definition) is 1. The normalized spacial score (nSPS) is 12.9. The van der Waals surface area contributed by atoms with E-state index in [2.05, 4.69) is 10.4 Å². The number of benzene rings is 1. The first-order valence-electron chi connectivity index (χ1n) is 8.04.